The second-order valence-electron chi connectivity index (χ2n) is 6.75. The zero-order chi connectivity index (χ0) is 20.0. The van der Waals surface area contributed by atoms with Crippen LogP contribution in [0.25, 0.3) is 16.8 Å². The molecule has 0 saturated carbocycles. The van der Waals surface area contributed by atoms with Crippen LogP contribution in [0.1, 0.15) is 11.7 Å². The molecule has 1 N–H and O–H groups in total. The van der Waals surface area contributed by atoms with Gasteiger partial charge in [-0.15, -0.1) is 0 Å². The summed E-state index contributed by atoms with van der Waals surface area (Å²) in [4.78, 5) is 12.9. The largest absolute Gasteiger partial charge is 0.454 e. The fourth-order valence-corrected chi connectivity index (χ4v) is 3.34. The zero-order valence-corrected chi connectivity index (χ0v) is 15.2. The first-order chi connectivity index (χ1) is 14.1. The number of fused-ring (bicyclic) bond motifs is 2. The molecule has 2 aromatic carbocycles. The standard InChI is InChI=1S/C21H16FN3O4/c22-15-4-1-13(2-5-15)16-10-17-21(27)24(7-8-25(17)23-16)11-18(26)14-3-6-19-20(9-14)29-12-28-19/h1-10,18,26H,11-12H2. The molecule has 3 heterocycles. The Morgan fingerprint density at radius 2 is 1.86 bits per heavy atom. The van der Waals surface area contributed by atoms with Crippen molar-refractivity contribution in [1.29, 1.82) is 0 Å². The van der Waals surface area contributed by atoms with Crippen LogP contribution in [-0.2, 0) is 6.54 Å². The fraction of sp³-hybridized carbons (Fsp3) is 0.143. The SMILES string of the molecule is O=c1c2cc(-c3ccc(F)cc3)nn2ccn1CC(O)c1ccc2c(c1)OCO2. The van der Waals surface area contributed by atoms with Gasteiger partial charge in [0.1, 0.15) is 11.3 Å². The van der Waals surface area contributed by atoms with Crippen molar-refractivity contribution in [3.8, 4) is 22.8 Å². The lowest BCUT2D eigenvalue weighted by molar-refractivity contribution is 0.154. The van der Waals surface area contributed by atoms with Gasteiger partial charge in [0.05, 0.1) is 18.3 Å². The van der Waals surface area contributed by atoms with Gasteiger partial charge in [0.25, 0.3) is 5.56 Å². The maximum atomic E-state index is 13.1. The van der Waals surface area contributed by atoms with Crippen molar-refractivity contribution in [3.05, 3.63) is 82.7 Å². The van der Waals surface area contributed by atoms with E-state index in [-0.39, 0.29) is 24.7 Å². The number of aromatic nitrogens is 3. The summed E-state index contributed by atoms with van der Waals surface area (Å²) >= 11 is 0. The van der Waals surface area contributed by atoms with Gasteiger partial charge in [-0.1, -0.05) is 6.07 Å². The molecular formula is C21H16FN3O4. The van der Waals surface area contributed by atoms with Crippen LogP contribution in [0.4, 0.5) is 4.39 Å². The highest BCUT2D eigenvalue weighted by Gasteiger charge is 2.18. The highest BCUT2D eigenvalue weighted by Crippen LogP contribution is 2.34. The molecule has 5 rings (SSSR count). The number of ether oxygens (including phenoxy) is 2. The molecule has 0 fully saturated rings. The highest BCUT2D eigenvalue weighted by molar-refractivity contribution is 5.65. The van der Waals surface area contributed by atoms with Crippen LogP contribution in [-0.4, -0.2) is 26.1 Å². The monoisotopic (exact) mass is 393 g/mol. The smallest absolute Gasteiger partial charge is 0.276 e. The van der Waals surface area contributed by atoms with Gasteiger partial charge < -0.3 is 19.1 Å². The first-order valence-corrected chi connectivity index (χ1v) is 9.01. The van der Waals surface area contributed by atoms with E-state index >= 15 is 0 Å². The molecule has 1 unspecified atom stereocenters. The Labute approximate surface area is 164 Å². The van der Waals surface area contributed by atoms with E-state index < -0.39 is 6.10 Å². The Bertz CT molecular complexity index is 1260. The summed E-state index contributed by atoms with van der Waals surface area (Å²) in [6.45, 7) is 0.231. The first-order valence-electron chi connectivity index (χ1n) is 9.01. The minimum Gasteiger partial charge on any atom is -0.454 e. The van der Waals surface area contributed by atoms with Gasteiger partial charge in [0.15, 0.2) is 11.5 Å². The predicted octanol–water partition coefficient (Wildman–Crippen LogP) is 2.76. The molecular weight excluding hydrogens is 377 g/mol. The van der Waals surface area contributed by atoms with Crippen molar-refractivity contribution in [2.24, 2.45) is 0 Å². The summed E-state index contributed by atoms with van der Waals surface area (Å²) < 4.78 is 26.7. The van der Waals surface area contributed by atoms with Crippen molar-refractivity contribution in [2.75, 3.05) is 6.79 Å². The van der Waals surface area contributed by atoms with Crippen molar-refractivity contribution in [2.45, 2.75) is 12.6 Å². The van der Waals surface area contributed by atoms with Crippen molar-refractivity contribution in [3.63, 3.8) is 0 Å². The number of benzene rings is 2. The van der Waals surface area contributed by atoms with Crippen molar-refractivity contribution < 1.29 is 19.0 Å². The van der Waals surface area contributed by atoms with Gasteiger partial charge in [0.2, 0.25) is 6.79 Å². The van der Waals surface area contributed by atoms with Crippen LogP contribution in [0.5, 0.6) is 11.5 Å². The van der Waals surface area contributed by atoms with Crippen molar-refractivity contribution >= 4 is 5.52 Å². The second kappa shape index (κ2) is 6.75. The zero-order valence-electron chi connectivity index (χ0n) is 15.2. The molecule has 2 aromatic heterocycles. The third kappa shape index (κ3) is 3.13. The summed E-state index contributed by atoms with van der Waals surface area (Å²) in [5.74, 6) is 0.869. The second-order valence-corrected chi connectivity index (χ2v) is 6.75. The fourth-order valence-electron chi connectivity index (χ4n) is 3.34. The molecule has 0 radical (unpaired) electrons. The predicted molar refractivity (Wildman–Crippen MR) is 102 cm³/mol. The van der Waals surface area contributed by atoms with E-state index in [0.717, 1.165) is 0 Å². The average molecular weight is 393 g/mol. The number of hydrogen-bond donors (Lipinski definition) is 1. The van der Waals surface area contributed by atoms with Gasteiger partial charge in [0, 0.05) is 18.0 Å². The summed E-state index contributed by atoms with van der Waals surface area (Å²) in [7, 11) is 0. The molecule has 0 amide bonds. The first kappa shape index (κ1) is 17.4. The lowest BCUT2D eigenvalue weighted by atomic mass is 10.1. The highest BCUT2D eigenvalue weighted by atomic mass is 19.1. The third-order valence-electron chi connectivity index (χ3n) is 4.89. The molecule has 8 heteroatoms. The summed E-state index contributed by atoms with van der Waals surface area (Å²) in [5, 5.41) is 15.0. The van der Waals surface area contributed by atoms with Crippen LogP contribution in [0.15, 0.2) is 65.7 Å². The molecule has 7 nitrogen and oxygen atoms in total. The minimum atomic E-state index is -0.899. The lowest BCUT2D eigenvalue weighted by Gasteiger charge is -2.13. The molecule has 0 aliphatic carbocycles. The molecule has 0 bridgehead atoms. The Balaban J connectivity index is 1.45. The quantitative estimate of drug-likeness (QED) is 0.577. The topological polar surface area (TPSA) is 78.0 Å². The van der Waals surface area contributed by atoms with Crippen LogP contribution in [0.3, 0.4) is 0 Å². The van der Waals surface area contributed by atoms with Gasteiger partial charge in [-0.25, -0.2) is 8.91 Å². The number of nitrogens with zero attached hydrogens (tertiary/aromatic N) is 3. The number of hydrogen-bond acceptors (Lipinski definition) is 5. The summed E-state index contributed by atoms with van der Waals surface area (Å²) in [5.41, 5.74) is 1.98. The molecule has 29 heavy (non-hydrogen) atoms. The van der Waals surface area contributed by atoms with Crippen LogP contribution >= 0.6 is 0 Å². The molecule has 0 spiro atoms. The van der Waals surface area contributed by atoms with E-state index in [1.807, 2.05) is 0 Å². The molecule has 146 valence electrons. The molecule has 1 aliphatic heterocycles. The number of aliphatic hydroxyl groups is 1. The van der Waals surface area contributed by atoms with E-state index in [2.05, 4.69) is 5.10 Å². The van der Waals surface area contributed by atoms with E-state index in [0.29, 0.717) is 33.8 Å². The van der Waals surface area contributed by atoms with Crippen molar-refractivity contribution in [1.82, 2.24) is 14.2 Å². The number of rotatable bonds is 4. The summed E-state index contributed by atoms with van der Waals surface area (Å²) in [6, 6.07) is 12.8. The van der Waals surface area contributed by atoms with E-state index in [1.54, 1.807) is 48.8 Å². The van der Waals surface area contributed by atoms with Crippen LogP contribution < -0.4 is 15.0 Å². The molecule has 1 atom stereocenters. The van der Waals surface area contributed by atoms with Crippen LogP contribution in [0, 0.1) is 5.82 Å². The summed E-state index contributed by atoms with van der Waals surface area (Å²) in [6.07, 6.45) is 2.33. The van der Waals surface area contributed by atoms with Gasteiger partial charge in [-0.05, 0) is 48.0 Å². The molecule has 0 saturated heterocycles. The maximum Gasteiger partial charge on any atom is 0.276 e. The minimum absolute atomic E-state index is 0.0754. The Hall–Kier alpha value is -3.65. The number of halogens is 1. The van der Waals surface area contributed by atoms with E-state index in [4.69, 9.17) is 9.47 Å². The number of aliphatic hydroxyl groups excluding tert-OH is 1. The Morgan fingerprint density at radius 3 is 2.69 bits per heavy atom. The Kier molecular flexibility index (Phi) is 4.06. The lowest BCUT2D eigenvalue weighted by Crippen LogP contribution is -2.24. The van der Waals surface area contributed by atoms with E-state index in [1.165, 1.54) is 21.2 Å². The van der Waals surface area contributed by atoms with Gasteiger partial charge in [-0.2, -0.15) is 5.10 Å². The molecule has 4 aromatic rings. The van der Waals surface area contributed by atoms with Gasteiger partial charge >= 0.3 is 0 Å². The van der Waals surface area contributed by atoms with Crippen LogP contribution in [0.2, 0.25) is 0 Å². The average Bonchev–Trinajstić information content (AvgIpc) is 3.37. The molecule has 1 aliphatic rings. The Morgan fingerprint density at radius 1 is 1.07 bits per heavy atom. The third-order valence-corrected chi connectivity index (χ3v) is 4.89. The van der Waals surface area contributed by atoms with E-state index in [9.17, 15) is 14.3 Å². The normalized spacial score (nSPS) is 13.7. The van der Waals surface area contributed by atoms with Gasteiger partial charge in [-0.3, -0.25) is 4.79 Å². The maximum absolute atomic E-state index is 13.1.